The summed E-state index contributed by atoms with van der Waals surface area (Å²) in [6, 6.07) is 0. The third-order valence-electron chi connectivity index (χ3n) is 10.4. The molecule has 0 unspecified atom stereocenters. The van der Waals surface area contributed by atoms with E-state index in [9.17, 15) is 10.2 Å². The smallest absolute Gasteiger partial charge is 0.0577 e. The van der Waals surface area contributed by atoms with Crippen molar-refractivity contribution in [2.75, 3.05) is 0 Å². The van der Waals surface area contributed by atoms with Gasteiger partial charge in [0.15, 0.2) is 0 Å². The minimum atomic E-state index is -0.133. The van der Waals surface area contributed by atoms with Gasteiger partial charge in [-0.3, -0.25) is 0 Å². The molecule has 3 fully saturated rings. The van der Waals surface area contributed by atoms with Crippen LogP contribution in [-0.2, 0) is 0 Å². The number of aliphatic hydroxyl groups excluding tert-OH is 2. The van der Waals surface area contributed by atoms with Crippen LogP contribution in [0.25, 0.3) is 0 Å². The molecule has 0 saturated heterocycles. The van der Waals surface area contributed by atoms with E-state index in [1.807, 2.05) is 0 Å². The van der Waals surface area contributed by atoms with Gasteiger partial charge in [0.05, 0.1) is 12.2 Å². The van der Waals surface area contributed by atoms with E-state index in [0.717, 1.165) is 43.4 Å². The third kappa shape index (κ3) is 3.65. The SMILES string of the molecule is CC(C)CC[C@H](O)[C@H](C)[C@H]1CC[C@H]2[C@@H]3CC=C4C[C@@H](O)CC[C@]4(C)[C@H]3CC[C@]12C. The minimum absolute atomic E-state index is 0.108. The Bertz CT molecular complexity index is 624. The van der Waals surface area contributed by atoms with Gasteiger partial charge < -0.3 is 10.2 Å². The van der Waals surface area contributed by atoms with Gasteiger partial charge in [-0.2, -0.15) is 0 Å². The number of rotatable bonds is 5. The summed E-state index contributed by atoms with van der Waals surface area (Å²) in [6.45, 7) is 12.0. The maximum Gasteiger partial charge on any atom is 0.0577 e. The molecule has 3 saturated carbocycles. The van der Waals surface area contributed by atoms with Crippen LogP contribution >= 0.6 is 0 Å². The molecule has 4 aliphatic carbocycles. The van der Waals surface area contributed by atoms with E-state index >= 15 is 0 Å². The highest BCUT2D eigenvalue weighted by atomic mass is 16.3. The minimum Gasteiger partial charge on any atom is -0.393 e. The summed E-state index contributed by atoms with van der Waals surface area (Å²) in [5.74, 6) is 4.25. The molecule has 0 aromatic rings. The molecule has 0 amide bonds. The lowest BCUT2D eigenvalue weighted by molar-refractivity contribution is -0.0681. The average molecular weight is 403 g/mol. The first kappa shape index (κ1) is 21.9. The molecule has 4 aliphatic rings. The summed E-state index contributed by atoms with van der Waals surface area (Å²) >= 11 is 0. The molecule has 0 aliphatic heterocycles. The highest BCUT2D eigenvalue weighted by Gasteiger charge is 2.59. The summed E-state index contributed by atoms with van der Waals surface area (Å²) in [6.07, 6.45) is 14.1. The molecule has 2 N–H and O–H groups in total. The van der Waals surface area contributed by atoms with Gasteiger partial charge in [-0.1, -0.05) is 46.3 Å². The Morgan fingerprint density at radius 1 is 1.00 bits per heavy atom. The Labute approximate surface area is 179 Å². The molecule has 29 heavy (non-hydrogen) atoms. The molecule has 9 atom stereocenters. The van der Waals surface area contributed by atoms with Crippen LogP contribution in [0.4, 0.5) is 0 Å². The fourth-order valence-electron chi connectivity index (χ4n) is 8.58. The van der Waals surface area contributed by atoms with E-state index in [0.29, 0.717) is 28.6 Å². The normalized spacial score (nSPS) is 46.5. The van der Waals surface area contributed by atoms with Gasteiger partial charge in [0.2, 0.25) is 0 Å². The molecule has 0 heterocycles. The van der Waals surface area contributed by atoms with E-state index in [4.69, 9.17) is 0 Å². The lowest BCUT2D eigenvalue weighted by Crippen LogP contribution is -2.51. The quantitative estimate of drug-likeness (QED) is 0.525. The molecule has 0 bridgehead atoms. The van der Waals surface area contributed by atoms with Crippen molar-refractivity contribution >= 4 is 0 Å². The summed E-state index contributed by atoms with van der Waals surface area (Å²) in [4.78, 5) is 0. The summed E-state index contributed by atoms with van der Waals surface area (Å²) in [7, 11) is 0. The fourth-order valence-corrected chi connectivity index (χ4v) is 8.58. The van der Waals surface area contributed by atoms with Gasteiger partial charge in [-0.25, -0.2) is 0 Å². The van der Waals surface area contributed by atoms with Crippen molar-refractivity contribution in [3.8, 4) is 0 Å². The molecule has 2 heteroatoms. The van der Waals surface area contributed by atoms with Crippen LogP contribution in [0.3, 0.4) is 0 Å². The van der Waals surface area contributed by atoms with Crippen molar-refractivity contribution in [2.45, 2.75) is 111 Å². The molecule has 0 radical (unpaired) electrons. The Kier molecular flexibility index (Phi) is 6.01. The van der Waals surface area contributed by atoms with E-state index in [1.54, 1.807) is 5.57 Å². The van der Waals surface area contributed by atoms with E-state index in [2.05, 4.69) is 40.7 Å². The van der Waals surface area contributed by atoms with Crippen LogP contribution in [0.5, 0.6) is 0 Å². The lowest BCUT2D eigenvalue weighted by atomic mass is 9.47. The van der Waals surface area contributed by atoms with Gasteiger partial charge >= 0.3 is 0 Å². The Balaban J connectivity index is 1.51. The molecular weight excluding hydrogens is 356 g/mol. The molecule has 0 aromatic heterocycles. The van der Waals surface area contributed by atoms with Crippen molar-refractivity contribution < 1.29 is 10.2 Å². The summed E-state index contributed by atoms with van der Waals surface area (Å²) in [5, 5.41) is 21.2. The first-order valence-electron chi connectivity index (χ1n) is 12.7. The van der Waals surface area contributed by atoms with Crippen molar-refractivity contribution in [3.05, 3.63) is 11.6 Å². The largest absolute Gasteiger partial charge is 0.393 e. The number of hydrogen-bond acceptors (Lipinski definition) is 2. The zero-order valence-electron chi connectivity index (χ0n) is 19.7. The predicted octanol–water partition coefficient (Wildman–Crippen LogP) is 6.36. The lowest BCUT2D eigenvalue weighted by Gasteiger charge is -2.58. The van der Waals surface area contributed by atoms with Gasteiger partial charge in [0.25, 0.3) is 0 Å². The van der Waals surface area contributed by atoms with Crippen molar-refractivity contribution in [3.63, 3.8) is 0 Å². The summed E-state index contributed by atoms with van der Waals surface area (Å²) in [5.41, 5.74) is 2.33. The number of aliphatic hydroxyl groups is 2. The second-order valence-corrected chi connectivity index (χ2v) is 12.3. The van der Waals surface area contributed by atoms with Gasteiger partial charge in [0, 0.05) is 0 Å². The topological polar surface area (TPSA) is 40.5 Å². The molecule has 2 nitrogen and oxygen atoms in total. The molecule has 4 rings (SSSR count). The van der Waals surface area contributed by atoms with Gasteiger partial charge in [-0.15, -0.1) is 0 Å². The van der Waals surface area contributed by atoms with Crippen LogP contribution < -0.4 is 0 Å². The first-order chi connectivity index (χ1) is 13.7. The highest BCUT2D eigenvalue weighted by Crippen LogP contribution is 2.67. The van der Waals surface area contributed by atoms with Crippen LogP contribution in [0.1, 0.15) is 98.8 Å². The third-order valence-corrected chi connectivity index (χ3v) is 10.4. The Morgan fingerprint density at radius 2 is 1.76 bits per heavy atom. The van der Waals surface area contributed by atoms with Gasteiger partial charge in [0.1, 0.15) is 0 Å². The van der Waals surface area contributed by atoms with Crippen molar-refractivity contribution in [1.82, 2.24) is 0 Å². The monoisotopic (exact) mass is 402 g/mol. The van der Waals surface area contributed by atoms with Crippen molar-refractivity contribution in [1.29, 1.82) is 0 Å². The summed E-state index contributed by atoms with van der Waals surface area (Å²) < 4.78 is 0. The van der Waals surface area contributed by atoms with Crippen LogP contribution in [0.2, 0.25) is 0 Å². The van der Waals surface area contributed by atoms with E-state index < -0.39 is 0 Å². The Morgan fingerprint density at radius 3 is 2.48 bits per heavy atom. The van der Waals surface area contributed by atoms with Crippen LogP contribution in [0, 0.1) is 46.3 Å². The van der Waals surface area contributed by atoms with E-state index in [1.165, 1.54) is 38.5 Å². The second-order valence-electron chi connectivity index (χ2n) is 12.3. The fraction of sp³-hybridized carbons (Fsp3) is 0.926. The van der Waals surface area contributed by atoms with Crippen molar-refractivity contribution in [2.24, 2.45) is 46.3 Å². The number of fused-ring (bicyclic) bond motifs is 5. The molecule has 0 spiro atoms. The molecular formula is C27H46O2. The van der Waals surface area contributed by atoms with E-state index in [-0.39, 0.29) is 12.2 Å². The predicted molar refractivity (Wildman–Crippen MR) is 120 cm³/mol. The van der Waals surface area contributed by atoms with Crippen LogP contribution in [-0.4, -0.2) is 22.4 Å². The maximum absolute atomic E-state index is 11.0. The molecule has 166 valence electrons. The van der Waals surface area contributed by atoms with Crippen LogP contribution in [0.15, 0.2) is 11.6 Å². The highest BCUT2D eigenvalue weighted by molar-refractivity contribution is 5.25. The number of hydrogen-bond donors (Lipinski definition) is 2. The van der Waals surface area contributed by atoms with Gasteiger partial charge in [-0.05, 0) is 111 Å². The second kappa shape index (κ2) is 7.97. The zero-order chi connectivity index (χ0) is 21.0. The Hall–Kier alpha value is -0.340. The standard InChI is InChI=1S/C27H46O2/c1-17(2)6-11-25(29)18(3)22-9-10-23-21-8-7-19-16-20(28)12-14-26(19,4)24(21)13-15-27(22,23)5/h7,17-18,20-25,28-29H,6,8-16H2,1-5H3/t18-,20+,21+,22-,23+,24+,25+,26+,27-/m1/s1. The molecule has 0 aromatic carbocycles. The first-order valence-corrected chi connectivity index (χ1v) is 12.7. The maximum atomic E-state index is 11.0. The number of allylic oxidation sites excluding steroid dienone is 1. The zero-order valence-corrected chi connectivity index (χ0v) is 19.7. The average Bonchev–Trinajstić information content (AvgIpc) is 3.03.